The van der Waals surface area contributed by atoms with E-state index in [4.69, 9.17) is 14.2 Å². The van der Waals surface area contributed by atoms with Crippen LogP contribution >= 0.6 is 0 Å². The number of sulfone groups is 1. The zero-order valence-corrected chi connectivity index (χ0v) is 22.2. The summed E-state index contributed by atoms with van der Waals surface area (Å²) in [5.41, 5.74) is -7.83. The zero-order chi connectivity index (χ0) is 30.7. The van der Waals surface area contributed by atoms with Gasteiger partial charge in [0.25, 0.3) is 0 Å². The smallest absolute Gasteiger partial charge is 0.435 e. The van der Waals surface area contributed by atoms with E-state index in [0.717, 1.165) is 29.2 Å². The first-order valence-corrected chi connectivity index (χ1v) is 14.1. The number of fused-ring (bicyclic) bond motifs is 1. The van der Waals surface area contributed by atoms with Crippen LogP contribution in [-0.2, 0) is 34.5 Å². The van der Waals surface area contributed by atoms with Crippen molar-refractivity contribution in [2.24, 2.45) is 5.92 Å². The molecule has 2 unspecified atom stereocenters. The molecule has 16 heteroatoms. The van der Waals surface area contributed by atoms with Crippen LogP contribution in [-0.4, -0.2) is 70.5 Å². The molecule has 3 heterocycles. The molecule has 3 fully saturated rings. The second kappa shape index (κ2) is 10.3. The maximum Gasteiger partial charge on any atom is 0.435 e. The summed E-state index contributed by atoms with van der Waals surface area (Å²) in [6.45, 7) is -0.399. The predicted molar refractivity (Wildman–Crippen MR) is 127 cm³/mol. The molecular weight excluding hydrogens is 606 g/mol. The van der Waals surface area contributed by atoms with Gasteiger partial charge in [0.1, 0.15) is 16.7 Å². The highest BCUT2D eigenvalue weighted by Crippen LogP contribution is 2.54. The lowest BCUT2D eigenvalue weighted by atomic mass is 9.90. The number of amides is 1. The van der Waals surface area contributed by atoms with E-state index < -0.39 is 73.9 Å². The van der Waals surface area contributed by atoms with Crippen molar-refractivity contribution < 1.29 is 62.5 Å². The summed E-state index contributed by atoms with van der Waals surface area (Å²) in [6, 6.07) is 5.34. The van der Waals surface area contributed by atoms with E-state index >= 15 is 0 Å². The summed E-state index contributed by atoms with van der Waals surface area (Å²) >= 11 is 0. The second-order valence-corrected chi connectivity index (χ2v) is 12.6. The molecule has 0 aliphatic carbocycles. The molecule has 230 valence electrons. The molecule has 0 aromatic heterocycles. The summed E-state index contributed by atoms with van der Waals surface area (Å²) in [5.74, 6) is -1.00. The van der Waals surface area contributed by atoms with Crippen LogP contribution < -0.4 is 0 Å². The molecule has 5 rings (SSSR count). The zero-order valence-electron chi connectivity index (χ0n) is 21.4. The third-order valence-corrected chi connectivity index (χ3v) is 10.4. The highest BCUT2D eigenvalue weighted by molar-refractivity contribution is 7.92. The molecule has 1 amide bonds. The Kier molecular flexibility index (Phi) is 7.50. The van der Waals surface area contributed by atoms with Crippen LogP contribution in [0.15, 0.2) is 53.4 Å². The number of nitrogens with zero attached hydrogens (tertiary/aromatic N) is 1. The molecule has 2 aromatic carbocycles. The van der Waals surface area contributed by atoms with E-state index in [1.807, 2.05) is 0 Å². The number of hydrogen-bond donors (Lipinski definition) is 0. The normalized spacial score (nSPS) is 26.9. The van der Waals surface area contributed by atoms with Crippen LogP contribution in [0.3, 0.4) is 0 Å². The van der Waals surface area contributed by atoms with Crippen LogP contribution in [0, 0.1) is 11.7 Å². The fourth-order valence-electron chi connectivity index (χ4n) is 5.63. The van der Waals surface area contributed by atoms with Crippen LogP contribution in [0.5, 0.6) is 0 Å². The van der Waals surface area contributed by atoms with Crippen molar-refractivity contribution in [2.75, 3.05) is 26.3 Å². The van der Waals surface area contributed by atoms with Gasteiger partial charge in [0.05, 0.1) is 24.0 Å². The van der Waals surface area contributed by atoms with Crippen molar-refractivity contribution in [2.45, 2.75) is 52.9 Å². The molecular formula is C26H23F8NO6S. The second-order valence-electron chi connectivity index (χ2n) is 10.3. The number of benzene rings is 2. The minimum Gasteiger partial charge on any atom is -0.443 e. The summed E-state index contributed by atoms with van der Waals surface area (Å²) < 4.78 is 150. The van der Waals surface area contributed by atoms with Crippen molar-refractivity contribution in [1.82, 2.24) is 4.90 Å². The van der Waals surface area contributed by atoms with Gasteiger partial charge in [-0.25, -0.2) is 22.0 Å². The Morgan fingerprint density at radius 2 is 1.55 bits per heavy atom. The van der Waals surface area contributed by atoms with Crippen LogP contribution in [0.25, 0.3) is 0 Å². The summed E-state index contributed by atoms with van der Waals surface area (Å²) in [4.78, 5) is 13.7. The monoisotopic (exact) mass is 629 g/mol. The van der Waals surface area contributed by atoms with Crippen molar-refractivity contribution >= 4 is 15.9 Å². The molecule has 3 saturated heterocycles. The minimum absolute atomic E-state index is 0.0405. The number of halogens is 8. The molecule has 4 atom stereocenters. The number of likely N-dealkylation sites (tertiary alicyclic amines) is 1. The first kappa shape index (κ1) is 30.5. The third kappa shape index (κ3) is 4.80. The average Bonchev–Trinajstić information content (AvgIpc) is 3.65. The molecule has 3 aliphatic heterocycles. The first-order chi connectivity index (χ1) is 19.5. The molecule has 7 nitrogen and oxygen atoms in total. The lowest BCUT2D eigenvalue weighted by Crippen LogP contribution is -2.50. The van der Waals surface area contributed by atoms with Gasteiger partial charge in [-0.3, -0.25) is 0 Å². The Balaban J connectivity index is 1.51. The van der Waals surface area contributed by atoms with Crippen molar-refractivity contribution in [3.8, 4) is 0 Å². The Bertz CT molecular complexity index is 1420. The maximum absolute atomic E-state index is 14.6. The van der Waals surface area contributed by atoms with Gasteiger partial charge in [-0.2, -0.15) is 26.3 Å². The maximum atomic E-state index is 14.6. The standard InChI is InChI=1S/C26H23F8NO6S/c27-17-5-7-18(8-6-17)42(37,38)23(15-1-3-16(4-2-15)24(28,25(29,30)31)26(32,33)34)10-11-35(14-23)22(36)41-20-13-40-21-19(20)9-12-39-21/h1-8,19-21H,9-14H2/t19?,20-,21?,23-/m0/s1. The summed E-state index contributed by atoms with van der Waals surface area (Å²) in [6.07, 6.45) is -14.7. The van der Waals surface area contributed by atoms with Crippen molar-refractivity contribution in [1.29, 1.82) is 0 Å². The third-order valence-electron chi connectivity index (χ3n) is 7.96. The SMILES string of the molecule is O=C(O[C@H]1COC2OCCC21)N1CC[C@](c2ccc(C(F)(C(F)(F)F)C(F)(F)F)cc2)(S(=O)(=O)c2ccc(F)cc2)C1. The van der Waals surface area contributed by atoms with Gasteiger partial charge in [-0.15, -0.1) is 0 Å². The fraction of sp³-hybridized carbons (Fsp3) is 0.500. The molecule has 0 bridgehead atoms. The van der Waals surface area contributed by atoms with Gasteiger partial charge >= 0.3 is 24.1 Å². The van der Waals surface area contributed by atoms with Crippen molar-refractivity contribution in [3.05, 3.63) is 65.5 Å². The quantitative estimate of drug-likeness (QED) is 0.326. The van der Waals surface area contributed by atoms with Gasteiger partial charge < -0.3 is 19.1 Å². The Labute approximate surface area is 234 Å². The average molecular weight is 630 g/mol. The summed E-state index contributed by atoms with van der Waals surface area (Å²) in [5, 5.41) is 0. The van der Waals surface area contributed by atoms with Crippen LogP contribution in [0.1, 0.15) is 24.0 Å². The molecule has 0 radical (unpaired) electrons. The molecule has 3 aliphatic rings. The van der Waals surface area contributed by atoms with Crippen molar-refractivity contribution in [3.63, 3.8) is 0 Å². The van der Waals surface area contributed by atoms with Crippen LogP contribution in [0.4, 0.5) is 39.9 Å². The molecule has 0 N–H and O–H groups in total. The number of carbonyl (C=O) groups excluding carboxylic acids is 1. The van der Waals surface area contributed by atoms with E-state index in [-0.39, 0.29) is 43.2 Å². The summed E-state index contributed by atoms with van der Waals surface area (Å²) in [7, 11) is -4.58. The Morgan fingerprint density at radius 3 is 2.14 bits per heavy atom. The highest BCUT2D eigenvalue weighted by atomic mass is 32.2. The number of alkyl halides is 7. The Hall–Kier alpha value is -2.98. The predicted octanol–water partition coefficient (Wildman–Crippen LogP) is 5.39. The van der Waals surface area contributed by atoms with E-state index in [0.29, 0.717) is 25.2 Å². The highest BCUT2D eigenvalue weighted by Gasteiger charge is 2.73. The van der Waals surface area contributed by atoms with E-state index in [9.17, 15) is 48.3 Å². The number of rotatable bonds is 5. The minimum atomic E-state index is -6.37. The number of hydrogen-bond acceptors (Lipinski definition) is 6. The van der Waals surface area contributed by atoms with E-state index in [1.165, 1.54) is 0 Å². The molecule has 2 aromatic rings. The lowest BCUT2D eigenvalue weighted by molar-refractivity contribution is -0.348. The lowest BCUT2D eigenvalue weighted by Gasteiger charge is -2.32. The fourth-order valence-corrected chi connectivity index (χ4v) is 7.71. The Morgan fingerprint density at radius 1 is 0.929 bits per heavy atom. The van der Waals surface area contributed by atoms with Gasteiger partial charge in [-0.1, -0.05) is 24.3 Å². The molecule has 0 saturated carbocycles. The molecule has 42 heavy (non-hydrogen) atoms. The van der Waals surface area contributed by atoms with E-state index in [2.05, 4.69) is 0 Å². The number of ether oxygens (including phenoxy) is 3. The van der Waals surface area contributed by atoms with Gasteiger partial charge in [0, 0.05) is 18.7 Å². The van der Waals surface area contributed by atoms with E-state index in [1.54, 1.807) is 0 Å². The number of carbonyl (C=O) groups is 1. The van der Waals surface area contributed by atoms with Gasteiger partial charge in [-0.05, 0) is 42.7 Å². The first-order valence-electron chi connectivity index (χ1n) is 12.6. The van der Waals surface area contributed by atoms with Gasteiger partial charge in [0.15, 0.2) is 16.1 Å². The van der Waals surface area contributed by atoms with Crippen LogP contribution in [0.2, 0.25) is 0 Å². The van der Waals surface area contributed by atoms with Gasteiger partial charge in [0.2, 0.25) is 0 Å². The topological polar surface area (TPSA) is 82.1 Å². The largest absolute Gasteiger partial charge is 0.443 e. The molecule has 0 spiro atoms.